The van der Waals surface area contributed by atoms with Crippen LogP contribution in [0.5, 0.6) is 0 Å². The number of hydrogen-bond acceptors (Lipinski definition) is 4. The lowest BCUT2D eigenvalue weighted by atomic mass is 9.96. The summed E-state index contributed by atoms with van der Waals surface area (Å²) in [6.45, 7) is 10.9. The number of halogens is 1. The van der Waals surface area contributed by atoms with E-state index in [0.717, 1.165) is 48.5 Å². The molecule has 2 amide bonds. The number of benzene rings is 2. The van der Waals surface area contributed by atoms with E-state index < -0.39 is 0 Å². The zero-order valence-electron chi connectivity index (χ0n) is 21.4. The standard InChI is InChI=1S/C29H36ClN3O3/c1-19-8-13-26(28(34)31-14-20(2)36-25-6-5-7-25)21(3)27(19)18-32(4)15-22-16-33(17-22)29(35)23-9-11-24(30)12-10-23/h8-13,18,20,22,25H,1,5-7,14-17H2,2-4H3,(H,31,34)/b27-18+. The number of amides is 2. The maximum absolute atomic E-state index is 12.9. The second kappa shape index (κ2) is 11.5. The summed E-state index contributed by atoms with van der Waals surface area (Å²) in [4.78, 5) is 29.5. The molecule has 6 nitrogen and oxygen atoms in total. The van der Waals surface area contributed by atoms with E-state index in [9.17, 15) is 9.59 Å². The lowest BCUT2D eigenvalue weighted by molar-refractivity contribution is -0.0412. The molecule has 0 radical (unpaired) electrons. The smallest absolute Gasteiger partial charge is 0.253 e. The van der Waals surface area contributed by atoms with E-state index in [-0.39, 0.29) is 17.9 Å². The Morgan fingerprint density at radius 3 is 2.56 bits per heavy atom. The molecular weight excluding hydrogens is 474 g/mol. The minimum Gasteiger partial charge on any atom is -0.380 e. The predicted octanol–water partition coefficient (Wildman–Crippen LogP) is 3.19. The van der Waals surface area contributed by atoms with Crippen LogP contribution in [0.3, 0.4) is 0 Å². The molecule has 2 fully saturated rings. The number of carbonyl (C=O) groups excluding carboxylic acids is 2. The van der Waals surface area contributed by atoms with Crippen LogP contribution in [0, 0.1) is 12.8 Å². The molecule has 4 rings (SSSR count). The van der Waals surface area contributed by atoms with Crippen LogP contribution in [0.25, 0.3) is 12.8 Å². The normalized spacial score (nSPS) is 17.3. The highest BCUT2D eigenvalue weighted by Gasteiger charge is 2.31. The van der Waals surface area contributed by atoms with Crippen molar-refractivity contribution in [3.05, 3.63) is 68.5 Å². The van der Waals surface area contributed by atoms with Gasteiger partial charge in [-0.1, -0.05) is 24.2 Å². The number of carbonyl (C=O) groups is 2. The Labute approximate surface area is 218 Å². The van der Waals surface area contributed by atoms with Crippen LogP contribution >= 0.6 is 11.6 Å². The van der Waals surface area contributed by atoms with Gasteiger partial charge >= 0.3 is 0 Å². The highest BCUT2D eigenvalue weighted by Crippen LogP contribution is 2.23. The Hall–Kier alpha value is -2.83. The third kappa shape index (κ3) is 6.29. The van der Waals surface area contributed by atoms with Crippen molar-refractivity contribution < 1.29 is 14.3 Å². The van der Waals surface area contributed by atoms with Gasteiger partial charge in [0.1, 0.15) is 0 Å². The number of ether oxygens (including phenoxy) is 1. The molecule has 0 spiro atoms. The summed E-state index contributed by atoms with van der Waals surface area (Å²) in [5, 5.41) is 5.48. The van der Waals surface area contributed by atoms with E-state index >= 15 is 0 Å². The van der Waals surface area contributed by atoms with Gasteiger partial charge in [0.05, 0.1) is 12.2 Å². The molecule has 2 aromatic rings. The molecule has 2 aliphatic rings. The highest BCUT2D eigenvalue weighted by atomic mass is 35.5. The van der Waals surface area contributed by atoms with Crippen LogP contribution < -0.4 is 15.8 Å². The fourth-order valence-electron chi connectivity index (χ4n) is 4.73. The molecule has 1 heterocycles. The van der Waals surface area contributed by atoms with Crippen LogP contribution in [-0.2, 0) is 4.74 Å². The first-order valence-corrected chi connectivity index (χ1v) is 13.1. The Bertz CT molecular complexity index is 1200. The Kier molecular flexibility index (Phi) is 8.37. The minimum absolute atomic E-state index is 0.00236. The van der Waals surface area contributed by atoms with Crippen molar-refractivity contribution in [1.82, 2.24) is 15.1 Å². The van der Waals surface area contributed by atoms with Gasteiger partial charge < -0.3 is 19.9 Å². The Morgan fingerprint density at radius 1 is 1.22 bits per heavy atom. The zero-order chi connectivity index (χ0) is 25.8. The Balaban J connectivity index is 1.33. The molecule has 7 heteroatoms. The molecule has 1 aliphatic heterocycles. The largest absolute Gasteiger partial charge is 0.380 e. The monoisotopic (exact) mass is 509 g/mol. The van der Waals surface area contributed by atoms with Crippen LogP contribution in [0.2, 0.25) is 5.02 Å². The molecule has 192 valence electrons. The van der Waals surface area contributed by atoms with Gasteiger partial charge in [0.25, 0.3) is 11.8 Å². The third-order valence-corrected chi connectivity index (χ3v) is 7.36. The van der Waals surface area contributed by atoms with Crippen molar-refractivity contribution in [3.8, 4) is 0 Å². The van der Waals surface area contributed by atoms with Gasteiger partial charge in [-0.05, 0) is 74.2 Å². The zero-order valence-corrected chi connectivity index (χ0v) is 22.2. The second-order valence-electron chi connectivity index (χ2n) is 10.2. The van der Waals surface area contributed by atoms with Crippen molar-refractivity contribution in [2.24, 2.45) is 5.92 Å². The molecule has 1 N–H and O–H groups in total. The summed E-state index contributed by atoms with van der Waals surface area (Å²) in [7, 11) is 2.02. The molecule has 36 heavy (non-hydrogen) atoms. The van der Waals surface area contributed by atoms with Crippen molar-refractivity contribution >= 4 is 36.2 Å². The first kappa shape index (κ1) is 26.2. The van der Waals surface area contributed by atoms with Gasteiger partial charge in [-0.25, -0.2) is 0 Å². The molecule has 1 saturated carbocycles. The summed E-state index contributed by atoms with van der Waals surface area (Å²) in [5.74, 6) is 0.334. The summed E-state index contributed by atoms with van der Waals surface area (Å²) >= 11 is 5.93. The maximum Gasteiger partial charge on any atom is 0.253 e. The van der Waals surface area contributed by atoms with Gasteiger partial charge in [-0.15, -0.1) is 0 Å². The fraction of sp³-hybridized carbons (Fsp3) is 0.448. The summed E-state index contributed by atoms with van der Waals surface area (Å²) < 4.78 is 5.94. The number of nitrogens with one attached hydrogen (secondary N) is 1. The third-order valence-electron chi connectivity index (χ3n) is 7.11. The molecule has 1 unspecified atom stereocenters. The molecule has 1 atom stereocenters. The maximum atomic E-state index is 12.9. The fourth-order valence-corrected chi connectivity index (χ4v) is 4.86. The topological polar surface area (TPSA) is 61.9 Å². The molecular formula is C29H36ClN3O3. The molecule has 0 bridgehead atoms. The van der Waals surface area contributed by atoms with Gasteiger partial charge in [0.2, 0.25) is 0 Å². The van der Waals surface area contributed by atoms with Gasteiger partial charge in [0.15, 0.2) is 0 Å². The molecule has 1 aliphatic carbocycles. The van der Waals surface area contributed by atoms with Crippen molar-refractivity contribution in [2.75, 3.05) is 33.2 Å². The van der Waals surface area contributed by atoms with E-state index in [1.807, 2.05) is 37.9 Å². The van der Waals surface area contributed by atoms with E-state index in [0.29, 0.717) is 34.7 Å². The Morgan fingerprint density at radius 2 is 1.92 bits per heavy atom. The summed E-state index contributed by atoms with van der Waals surface area (Å²) in [6.07, 6.45) is 5.87. The van der Waals surface area contributed by atoms with Crippen LogP contribution in [0.4, 0.5) is 0 Å². The molecule has 2 aromatic carbocycles. The molecule has 0 aromatic heterocycles. The number of likely N-dealkylation sites (tertiary alicyclic amines) is 1. The highest BCUT2D eigenvalue weighted by molar-refractivity contribution is 6.30. The van der Waals surface area contributed by atoms with Gasteiger partial charge in [-0.3, -0.25) is 9.59 Å². The number of hydrogen-bond donors (Lipinski definition) is 1. The first-order valence-electron chi connectivity index (χ1n) is 12.7. The van der Waals surface area contributed by atoms with Crippen molar-refractivity contribution in [3.63, 3.8) is 0 Å². The van der Waals surface area contributed by atoms with E-state index in [4.69, 9.17) is 16.3 Å². The van der Waals surface area contributed by atoms with E-state index in [1.165, 1.54) is 6.42 Å². The van der Waals surface area contributed by atoms with Crippen LogP contribution in [-0.4, -0.2) is 67.0 Å². The van der Waals surface area contributed by atoms with Gasteiger partial charge in [0, 0.05) is 66.7 Å². The quantitative estimate of drug-likeness (QED) is 0.564. The molecule has 1 saturated heterocycles. The summed E-state index contributed by atoms with van der Waals surface area (Å²) in [6, 6.07) is 10.8. The average molecular weight is 510 g/mol. The lowest BCUT2D eigenvalue weighted by Crippen LogP contribution is -2.53. The van der Waals surface area contributed by atoms with E-state index in [1.54, 1.807) is 24.3 Å². The van der Waals surface area contributed by atoms with Gasteiger partial charge in [-0.2, -0.15) is 0 Å². The average Bonchev–Trinajstić information content (AvgIpc) is 2.79. The van der Waals surface area contributed by atoms with Crippen molar-refractivity contribution in [2.45, 2.75) is 45.3 Å². The van der Waals surface area contributed by atoms with Crippen LogP contribution in [0.15, 0.2) is 36.4 Å². The SMILES string of the molecule is C=c1ccc(C(=O)NCC(C)OC2CCC2)c(C)/c1=C/N(C)CC1CN(C(=O)c2ccc(Cl)cc2)C1. The van der Waals surface area contributed by atoms with Crippen LogP contribution in [0.1, 0.15) is 52.5 Å². The number of rotatable bonds is 9. The minimum atomic E-state index is -0.0933. The predicted molar refractivity (Wildman–Crippen MR) is 144 cm³/mol. The van der Waals surface area contributed by atoms with Crippen molar-refractivity contribution in [1.29, 1.82) is 0 Å². The summed E-state index contributed by atoms with van der Waals surface area (Å²) in [5.41, 5.74) is 2.23. The number of nitrogens with zero attached hydrogens (tertiary/aromatic N) is 2. The lowest BCUT2D eigenvalue weighted by Gasteiger charge is -2.41. The second-order valence-corrected chi connectivity index (χ2v) is 10.6. The van der Waals surface area contributed by atoms with E-state index in [2.05, 4.69) is 23.0 Å². The first-order chi connectivity index (χ1) is 17.2.